The molecule has 0 saturated heterocycles. The molecule has 0 fully saturated rings. The van der Waals surface area contributed by atoms with E-state index in [1.807, 2.05) is 131 Å². The highest BCUT2D eigenvalue weighted by Crippen LogP contribution is 2.38. The molecular weight excluding hydrogens is 769 g/mol. The first-order valence-corrected chi connectivity index (χ1v) is 18.8. The number of methoxy groups -OCH3 is 4. The van der Waals surface area contributed by atoms with Crippen LogP contribution in [0.4, 0.5) is 51.7 Å². The van der Waals surface area contributed by atoms with Gasteiger partial charge in [-0.05, 0) is 145 Å². The first kappa shape index (κ1) is 40.7. The molecule has 7 rings (SSSR count). The van der Waals surface area contributed by atoms with Crippen LogP contribution in [0.25, 0.3) is 24.3 Å². The Labute approximate surface area is 346 Å². The average molecular weight is 809 g/mol. The fraction of sp³-hybridized carbons (Fsp3) is 0.0800. The zero-order chi connectivity index (χ0) is 42.2. The van der Waals surface area contributed by atoms with Gasteiger partial charge in [0.15, 0.2) is 23.3 Å². The highest BCUT2D eigenvalue weighted by atomic mass is 19.2. The van der Waals surface area contributed by atoms with E-state index >= 15 is 17.6 Å². The summed E-state index contributed by atoms with van der Waals surface area (Å²) in [5.74, 6) is -3.20. The second kappa shape index (κ2) is 18.4. The second-order valence-corrected chi connectivity index (χ2v) is 13.4. The quantitative estimate of drug-likeness (QED) is 0.0619. The largest absolute Gasteiger partial charge is 0.497 e. The molecule has 0 unspecified atom stereocenters. The van der Waals surface area contributed by atoms with Crippen LogP contribution in [-0.2, 0) is 0 Å². The summed E-state index contributed by atoms with van der Waals surface area (Å²) in [7, 11) is 6.39. The van der Waals surface area contributed by atoms with Crippen molar-refractivity contribution >= 4 is 58.4 Å². The van der Waals surface area contributed by atoms with Gasteiger partial charge in [0.1, 0.15) is 23.0 Å². The van der Waals surface area contributed by atoms with Gasteiger partial charge in [-0.15, -0.1) is 0 Å². The molecular formula is C50H40F4N2O4. The van der Waals surface area contributed by atoms with Crippen molar-refractivity contribution in [1.29, 1.82) is 0 Å². The zero-order valence-corrected chi connectivity index (χ0v) is 33.2. The maximum Gasteiger partial charge on any atom is 0.169 e. The Hall–Kier alpha value is -7.46. The van der Waals surface area contributed by atoms with Gasteiger partial charge in [-0.2, -0.15) is 0 Å². The zero-order valence-electron chi connectivity index (χ0n) is 33.2. The standard InChI is InChI=1S/C50H40F4N2O4/c1-57-41-23-15-37(16-24-41)55(38-17-25-42(58-2)26-18-38)35-11-5-33(6-12-35)9-31-45-47(51)49(53)46(50(54)48(45)52)32-10-34-7-13-36(14-8-34)56(39-19-27-43(59-3)28-20-39)40-21-29-44(60-4)30-22-40/h5-32H,1-4H3/b31-9+,32-10+. The third-order valence-corrected chi connectivity index (χ3v) is 9.84. The van der Waals surface area contributed by atoms with Crippen LogP contribution in [0.1, 0.15) is 22.3 Å². The van der Waals surface area contributed by atoms with E-state index in [0.29, 0.717) is 34.1 Å². The van der Waals surface area contributed by atoms with Crippen LogP contribution in [0.2, 0.25) is 0 Å². The molecule has 7 aromatic carbocycles. The first-order valence-electron chi connectivity index (χ1n) is 18.8. The van der Waals surface area contributed by atoms with E-state index in [1.165, 1.54) is 12.2 Å². The number of nitrogens with zero attached hydrogens (tertiary/aromatic N) is 2. The van der Waals surface area contributed by atoms with Gasteiger partial charge >= 0.3 is 0 Å². The third-order valence-electron chi connectivity index (χ3n) is 9.84. The van der Waals surface area contributed by atoms with Crippen LogP contribution in [0, 0.1) is 23.3 Å². The first-order chi connectivity index (χ1) is 29.2. The molecule has 0 heterocycles. The predicted molar refractivity (Wildman–Crippen MR) is 233 cm³/mol. The fourth-order valence-corrected chi connectivity index (χ4v) is 6.61. The number of rotatable bonds is 14. The lowest BCUT2D eigenvalue weighted by Gasteiger charge is -2.26. The van der Waals surface area contributed by atoms with Crippen molar-refractivity contribution in [3.63, 3.8) is 0 Å². The Morgan fingerprint density at radius 1 is 0.300 bits per heavy atom. The molecule has 60 heavy (non-hydrogen) atoms. The lowest BCUT2D eigenvalue weighted by atomic mass is 10.0. The van der Waals surface area contributed by atoms with E-state index in [9.17, 15) is 0 Å². The molecule has 0 N–H and O–H groups in total. The molecule has 0 amide bonds. The van der Waals surface area contributed by atoms with E-state index in [4.69, 9.17) is 18.9 Å². The van der Waals surface area contributed by atoms with Crippen molar-refractivity contribution in [3.8, 4) is 23.0 Å². The highest BCUT2D eigenvalue weighted by Gasteiger charge is 2.23. The van der Waals surface area contributed by atoms with Gasteiger partial charge in [-0.25, -0.2) is 17.6 Å². The molecule has 302 valence electrons. The predicted octanol–water partition coefficient (Wildman–Crippen LogP) is 13.6. The van der Waals surface area contributed by atoms with Crippen molar-refractivity contribution in [2.75, 3.05) is 38.2 Å². The van der Waals surface area contributed by atoms with E-state index in [2.05, 4.69) is 0 Å². The van der Waals surface area contributed by atoms with Gasteiger partial charge in [-0.3, -0.25) is 0 Å². The smallest absolute Gasteiger partial charge is 0.169 e. The van der Waals surface area contributed by atoms with Crippen LogP contribution in [-0.4, -0.2) is 28.4 Å². The Morgan fingerprint density at radius 2 is 0.500 bits per heavy atom. The summed E-state index contributed by atoms with van der Waals surface area (Å²) in [4.78, 5) is 4.02. The SMILES string of the molecule is COc1ccc(N(c2ccc(/C=C/c3c(F)c(F)c(/C=C/c4ccc(N(c5ccc(OC)cc5)c5ccc(OC)cc5)cc4)c(F)c3F)cc2)c2ccc(OC)cc2)cc1. The normalized spacial score (nSPS) is 11.2. The number of anilines is 6. The number of hydrogen-bond acceptors (Lipinski definition) is 6. The van der Waals surface area contributed by atoms with Gasteiger partial charge in [0.25, 0.3) is 0 Å². The molecule has 0 aliphatic carbocycles. The molecule has 7 aromatic rings. The lowest BCUT2D eigenvalue weighted by molar-refractivity contribution is 0.414. The maximum absolute atomic E-state index is 15.4. The van der Waals surface area contributed by atoms with E-state index in [-0.39, 0.29) is 0 Å². The Morgan fingerprint density at radius 3 is 0.700 bits per heavy atom. The van der Waals surface area contributed by atoms with Crippen LogP contribution in [0.5, 0.6) is 23.0 Å². The van der Waals surface area contributed by atoms with Crippen LogP contribution >= 0.6 is 0 Å². The Balaban J connectivity index is 1.11. The molecule has 0 aliphatic rings. The molecule has 0 atom stereocenters. The van der Waals surface area contributed by atoms with E-state index in [1.54, 1.807) is 52.7 Å². The van der Waals surface area contributed by atoms with Gasteiger partial charge < -0.3 is 28.7 Å². The molecule has 10 heteroatoms. The number of hydrogen-bond donors (Lipinski definition) is 0. The second-order valence-electron chi connectivity index (χ2n) is 13.4. The van der Waals surface area contributed by atoms with Crippen molar-refractivity contribution in [2.45, 2.75) is 0 Å². The molecule has 0 saturated carbocycles. The van der Waals surface area contributed by atoms with Crippen molar-refractivity contribution in [3.05, 3.63) is 191 Å². The van der Waals surface area contributed by atoms with Gasteiger partial charge in [-0.1, -0.05) is 36.4 Å². The van der Waals surface area contributed by atoms with Crippen LogP contribution in [0.3, 0.4) is 0 Å². The van der Waals surface area contributed by atoms with Gasteiger partial charge in [0, 0.05) is 34.1 Å². The minimum atomic E-state index is -1.50. The molecule has 0 radical (unpaired) electrons. The summed E-state index contributed by atoms with van der Waals surface area (Å²) in [5.41, 5.74) is 4.43. The summed E-state index contributed by atoms with van der Waals surface area (Å²) < 4.78 is 83.0. The Kier molecular flexibility index (Phi) is 12.5. The summed E-state index contributed by atoms with van der Waals surface area (Å²) in [6.07, 6.45) is 4.85. The van der Waals surface area contributed by atoms with E-state index < -0.39 is 34.4 Å². The Bertz CT molecular complexity index is 2290. The van der Waals surface area contributed by atoms with E-state index in [0.717, 1.165) is 46.3 Å². The van der Waals surface area contributed by atoms with Crippen molar-refractivity contribution in [1.82, 2.24) is 0 Å². The van der Waals surface area contributed by atoms with Crippen molar-refractivity contribution in [2.24, 2.45) is 0 Å². The number of halogens is 4. The van der Waals surface area contributed by atoms with Gasteiger partial charge in [0.2, 0.25) is 0 Å². The van der Waals surface area contributed by atoms with Crippen LogP contribution < -0.4 is 28.7 Å². The number of ether oxygens (including phenoxy) is 4. The summed E-state index contributed by atoms with van der Waals surface area (Å²) in [5, 5.41) is 0. The third kappa shape index (κ3) is 8.83. The van der Waals surface area contributed by atoms with Crippen molar-refractivity contribution < 1.29 is 36.5 Å². The maximum atomic E-state index is 15.4. The molecule has 0 aromatic heterocycles. The minimum absolute atomic E-state index is 0.549. The molecule has 0 aliphatic heterocycles. The highest BCUT2D eigenvalue weighted by molar-refractivity contribution is 5.81. The molecule has 0 bridgehead atoms. The summed E-state index contributed by atoms with van der Waals surface area (Å²) >= 11 is 0. The summed E-state index contributed by atoms with van der Waals surface area (Å²) in [6.45, 7) is 0. The molecule has 6 nitrogen and oxygen atoms in total. The number of benzene rings is 7. The minimum Gasteiger partial charge on any atom is -0.497 e. The average Bonchev–Trinajstić information content (AvgIpc) is 3.30. The monoisotopic (exact) mass is 808 g/mol. The molecule has 0 spiro atoms. The summed E-state index contributed by atoms with van der Waals surface area (Å²) in [6, 6.07) is 44.5. The van der Waals surface area contributed by atoms with Gasteiger partial charge in [0.05, 0.1) is 39.6 Å². The van der Waals surface area contributed by atoms with Crippen LogP contribution in [0.15, 0.2) is 146 Å². The lowest BCUT2D eigenvalue weighted by Crippen LogP contribution is -2.09. The fourth-order valence-electron chi connectivity index (χ4n) is 6.61. The topological polar surface area (TPSA) is 43.4 Å².